The van der Waals surface area contributed by atoms with Gasteiger partial charge in [0.25, 0.3) is 0 Å². The third-order valence-corrected chi connectivity index (χ3v) is 7.77. The van der Waals surface area contributed by atoms with Crippen molar-refractivity contribution >= 4 is 6.09 Å². The minimum absolute atomic E-state index is 0.0643. The average molecular weight is 474 g/mol. The van der Waals surface area contributed by atoms with Gasteiger partial charge in [0.15, 0.2) is 0 Å². The zero-order valence-electron chi connectivity index (χ0n) is 19.5. The monoisotopic (exact) mass is 473 g/mol. The van der Waals surface area contributed by atoms with Crippen molar-refractivity contribution in [3.05, 3.63) is 53.3 Å². The normalized spacial score (nSPS) is 27.7. The van der Waals surface area contributed by atoms with Gasteiger partial charge in [-0.15, -0.1) is 0 Å². The zero-order valence-corrected chi connectivity index (χ0v) is 19.5. The summed E-state index contributed by atoms with van der Waals surface area (Å²) in [7, 11) is 0. The highest BCUT2D eigenvalue weighted by Crippen LogP contribution is 2.45. The fourth-order valence-electron chi connectivity index (χ4n) is 5.68. The van der Waals surface area contributed by atoms with Crippen LogP contribution in [0.15, 0.2) is 36.5 Å². The molecule has 2 aromatic rings. The molecule has 182 valence electrons. The summed E-state index contributed by atoms with van der Waals surface area (Å²) >= 11 is 0. The van der Waals surface area contributed by atoms with Gasteiger partial charge in [-0.3, -0.25) is 9.88 Å². The van der Waals surface area contributed by atoms with Crippen molar-refractivity contribution in [2.75, 3.05) is 19.6 Å². The Morgan fingerprint density at radius 1 is 1.15 bits per heavy atom. The van der Waals surface area contributed by atoms with E-state index < -0.39 is 18.0 Å². The second-order valence-corrected chi connectivity index (χ2v) is 10.5. The largest absolute Gasteiger partial charge is 0.445 e. The number of alkyl carbamates (subject to hydrolysis) is 1. The Bertz CT molecular complexity index is 1080. The number of benzene rings is 1. The van der Waals surface area contributed by atoms with Crippen LogP contribution in [-0.2, 0) is 17.3 Å². The van der Waals surface area contributed by atoms with Crippen LogP contribution in [0.3, 0.4) is 0 Å². The van der Waals surface area contributed by atoms with Gasteiger partial charge in [0.05, 0.1) is 6.04 Å². The van der Waals surface area contributed by atoms with E-state index >= 15 is 0 Å². The number of pyridine rings is 1. The third-order valence-electron chi connectivity index (χ3n) is 7.77. The number of hydrogen-bond acceptors (Lipinski definition) is 4. The number of nitrogens with zero attached hydrogens (tertiary/aromatic N) is 2. The number of amides is 1. The first-order chi connectivity index (χ1) is 16.1. The summed E-state index contributed by atoms with van der Waals surface area (Å²) < 4.78 is 45.2. The quantitative estimate of drug-likeness (QED) is 0.631. The molecule has 8 heteroatoms. The van der Waals surface area contributed by atoms with Crippen molar-refractivity contribution in [2.45, 2.75) is 57.9 Å². The van der Waals surface area contributed by atoms with Gasteiger partial charge in [0, 0.05) is 12.7 Å². The van der Waals surface area contributed by atoms with Crippen LogP contribution in [0, 0.1) is 11.3 Å². The Balaban J connectivity index is 1.36. The maximum Gasteiger partial charge on any atom is 0.433 e. The number of rotatable bonds is 3. The van der Waals surface area contributed by atoms with Crippen LogP contribution in [0.2, 0.25) is 0 Å². The van der Waals surface area contributed by atoms with E-state index in [-0.39, 0.29) is 17.6 Å². The molecule has 0 saturated carbocycles. The molecule has 5 nitrogen and oxygen atoms in total. The molecular weight excluding hydrogens is 443 g/mol. The highest BCUT2D eigenvalue weighted by Gasteiger charge is 2.40. The van der Waals surface area contributed by atoms with Crippen LogP contribution in [0.5, 0.6) is 0 Å². The van der Waals surface area contributed by atoms with Crippen molar-refractivity contribution < 1.29 is 22.7 Å². The molecule has 2 atom stereocenters. The number of carbonyl (C=O) groups is 1. The minimum Gasteiger partial charge on any atom is -0.445 e. The van der Waals surface area contributed by atoms with Crippen LogP contribution in [0.1, 0.15) is 56.0 Å². The highest BCUT2D eigenvalue weighted by molar-refractivity contribution is 5.70. The zero-order chi connectivity index (χ0) is 24.1. The van der Waals surface area contributed by atoms with E-state index in [2.05, 4.69) is 29.0 Å². The van der Waals surface area contributed by atoms with Crippen LogP contribution >= 0.6 is 0 Å². The molecule has 0 radical (unpaired) electrons. The fraction of sp³-hybridized carbons (Fsp3) is 0.538. The van der Waals surface area contributed by atoms with E-state index in [1.165, 1.54) is 6.20 Å². The molecule has 2 bridgehead atoms. The first kappa shape index (κ1) is 23.1. The topological polar surface area (TPSA) is 54.5 Å². The van der Waals surface area contributed by atoms with E-state index in [1.807, 2.05) is 18.2 Å². The molecular formula is C26H30F3N3O2. The molecule has 1 aliphatic carbocycles. The molecule has 1 unspecified atom stereocenters. The minimum atomic E-state index is -4.49. The number of carbonyl (C=O) groups excluding carboxylic acids is 1. The maximum atomic E-state index is 13.1. The fourth-order valence-corrected chi connectivity index (χ4v) is 5.68. The highest BCUT2D eigenvalue weighted by atomic mass is 19.4. The summed E-state index contributed by atoms with van der Waals surface area (Å²) in [5.41, 5.74) is 2.13. The molecule has 1 amide bonds. The molecule has 1 aromatic heterocycles. The lowest BCUT2D eigenvalue weighted by Crippen LogP contribution is -2.53. The van der Waals surface area contributed by atoms with Crippen molar-refractivity contribution in [2.24, 2.45) is 11.3 Å². The number of nitrogens with one attached hydrogen (secondary N) is 1. The van der Waals surface area contributed by atoms with E-state index in [1.54, 1.807) is 6.07 Å². The predicted octanol–water partition coefficient (Wildman–Crippen LogP) is 5.60. The lowest BCUT2D eigenvalue weighted by Gasteiger charge is -2.44. The van der Waals surface area contributed by atoms with Gasteiger partial charge >= 0.3 is 12.3 Å². The molecule has 34 heavy (non-hydrogen) atoms. The Hall–Kier alpha value is -2.61. The average Bonchev–Trinajstić information content (AvgIpc) is 2.81. The van der Waals surface area contributed by atoms with Gasteiger partial charge in [0.1, 0.15) is 11.8 Å². The summed E-state index contributed by atoms with van der Waals surface area (Å²) in [5, 5.41) is 3.12. The van der Waals surface area contributed by atoms with Crippen LogP contribution in [0.4, 0.5) is 18.0 Å². The SMILES string of the molecule is CC1(C)CCc2cc(-c3ccnc(C(F)(F)F)c3)ccc2C1NC(=O)O[C@H]1CN2CCC1CC2. The summed E-state index contributed by atoms with van der Waals surface area (Å²) in [6.07, 6.45) is 0.0306. The number of hydrogen-bond donors (Lipinski definition) is 1. The molecule has 3 aliphatic heterocycles. The second-order valence-electron chi connectivity index (χ2n) is 10.5. The predicted molar refractivity (Wildman–Crippen MR) is 122 cm³/mol. The van der Waals surface area contributed by atoms with Gasteiger partial charge in [-0.1, -0.05) is 32.0 Å². The summed E-state index contributed by atoms with van der Waals surface area (Å²) in [6, 6.07) is 8.12. The molecule has 4 aliphatic rings. The first-order valence-corrected chi connectivity index (χ1v) is 12.0. The lowest BCUT2D eigenvalue weighted by molar-refractivity contribution is -0.141. The molecule has 1 aromatic carbocycles. The molecule has 6 rings (SSSR count). The number of aryl methyl sites for hydroxylation is 1. The number of alkyl halides is 3. The second kappa shape index (κ2) is 8.56. The van der Waals surface area contributed by atoms with Gasteiger partial charge < -0.3 is 10.1 Å². The van der Waals surface area contributed by atoms with Gasteiger partial charge in [-0.05, 0) is 84.5 Å². The molecule has 4 heterocycles. The smallest absolute Gasteiger partial charge is 0.433 e. The Labute approximate surface area is 197 Å². The lowest BCUT2D eigenvalue weighted by atomic mass is 9.70. The number of aromatic nitrogens is 1. The molecule has 3 fully saturated rings. The van der Waals surface area contributed by atoms with Gasteiger partial charge in [0.2, 0.25) is 0 Å². The van der Waals surface area contributed by atoms with Gasteiger partial charge in [-0.2, -0.15) is 13.2 Å². The maximum absolute atomic E-state index is 13.1. The van der Waals surface area contributed by atoms with Crippen molar-refractivity contribution in [3.63, 3.8) is 0 Å². The van der Waals surface area contributed by atoms with Gasteiger partial charge in [-0.25, -0.2) is 4.79 Å². The molecule has 1 N–H and O–H groups in total. The number of fused-ring (bicyclic) bond motifs is 4. The molecule has 0 spiro atoms. The summed E-state index contributed by atoms with van der Waals surface area (Å²) in [6.45, 7) is 7.22. The van der Waals surface area contributed by atoms with Crippen molar-refractivity contribution in [1.29, 1.82) is 0 Å². The van der Waals surface area contributed by atoms with E-state index in [0.717, 1.165) is 62.5 Å². The third kappa shape index (κ3) is 4.52. The Kier molecular flexibility index (Phi) is 5.82. The van der Waals surface area contributed by atoms with E-state index in [9.17, 15) is 18.0 Å². The van der Waals surface area contributed by atoms with E-state index in [0.29, 0.717) is 17.0 Å². The van der Waals surface area contributed by atoms with Crippen LogP contribution < -0.4 is 5.32 Å². The van der Waals surface area contributed by atoms with Crippen molar-refractivity contribution in [1.82, 2.24) is 15.2 Å². The standard InChI is InChI=1S/C26H30F3N3O2/c1-25(2)9-5-19-13-17(18-6-10-30-22(14-18)26(27,28)29)3-4-20(19)23(25)31-24(33)34-21-15-32-11-7-16(21)8-12-32/h3-4,6,10,13-14,16,21,23H,5,7-9,11-12,15H2,1-2H3,(H,31,33)/t21-,23?/m0/s1. The first-order valence-electron chi connectivity index (χ1n) is 12.0. The summed E-state index contributed by atoms with van der Waals surface area (Å²) in [5.74, 6) is 0.437. The molecule has 3 saturated heterocycles. The Morgan fingerprint density at radius 3 is 2.56 bits per heavy atom. The number of piperidine rings is 3. The van der Waals surface area contributed by atoms with E-state index in [4.69, 9.17) is 4.74 Å². The van der Waals surface area contributed by atoms with Crippen LogP contribution in [-0.4, -0.2) is 41.7 Å². The van der Waals surface area contributed by atoms with Crippen LogP contribution in [0.25, 0.3) is 11.1 Å². The number of ether oxygens (including phenoxy) is 1. The summed E-state index contributed by atoms with van der Waals surface area (Å²) in [4.78, 5) is 18.7. The van der Waals surface area contributed by atoms with Crippen molar-refractivity contribution in [3.8, 4) is 11.1 Å². The Morgan fingerprint density at radius 2 is 1.88 bits per heavy atom. The number of halogens is 3.